The molecule has 4 aromatic heterocycles. The van der Waals surface area contributed by atoms with Gasteiger partial charge in [0.1, 0.15) is 17.3 Å². The number of hydrogen-bond donors (Lipinski definition) is 2. The molecule has 1 atom stereocenters. The van der Waals surface area contributed by atoms with E-state index in [0.29, 0.717) is 0 Å². The normalized spacial score (nSPS) is 12.2. The number of alkyl halides is 3. The summed E-state index contributed by atoms with van der Waals surface area (Å²) in [5, 5.41) is 22.3. The summed E-state index contributed by atoms with van der Waals surface area (Å²) in [6, 6.07) is 4.61. The monoisotopic (exact) mass is 483 g/mol. The fourth-order valence-electron chi connectivity index (χ4n) is 3.25. The summed E-state index contributed by atoms with van der Waals surface area (Å²) in [6.07, 6.45) is 0.0580. The van der Waals surface area contributed by atoms with Crippen molar-refractivity contribution in [3.8, 4) is 11.9 Å². The summed E-state index contributed by atoms with van der Waals surface area (Å²) in [5.41, 5.74) is -0.354. The Labute approximate surface area is 195 Å². The fraction of sp³-hybridized carbons (Fsp3) is 0.190. The molecule has 0 aliphatic carbocycles. The van der Waals surface area contributed by atoms with Crippen LogP contribution in [0.3, 0.4) is 0 Å². The standard InChI is InChI=1S/C21H16F3N9O2/c1-11(35-2)17-15(10-26-14-3-4-16(21(22,23)24)32-18(14)17)31-20(34)30-13-7-12(8-25)19(27-9-13)33-28-5-6-29-33/h3-7,9-11H,1-2H3,(H2,30,31,34). The molecule has 4 aromatic rings. The van der Waals surface area contributed by atoms with Crippen molar-refractivity contribution in [3.05, 3.63) is 59.8 Å². The second-order valence-corrected chi connectivity index (χ2v) is 7.13. The summed E-state index contributed by atoms with van der Waals surface area (Å²) in [5.74, 6) is 0.171. The molecule has 4 heterocycles. The maximum atomic E-state index is 13.2. The number of aromatic nitrogens is 6. The average molecular weight is 483 g/mol. The number of urea groups is 1. The van der Waals surface area contributed by atoms with Crippen molar-refractivity contribution in [1.29, 1.82) is 5.26 Å². The lowest BCUT2D eigenvalue weighted by Gasteiger charge is -2.18. The number of carbonyl (C=O) groups is 1. The molecule has 0 fully saturated rings. The Hall–Kier alpha value is -4.64. The van der Waals surface area contributed by atoms with E-state index in [1.165, 1.54) is 44.0 Å². The van der Waals surface area contributed by atoms with Gasteiger partial charge < -0.3 is 15.4 Å². The van der Waals surface area contributed by atoms with Gasteiger partial charge in [0.15, 0.2) is 5.82 Å². The third-order valence-corrected chi connectivity index (χ3v) is 4.90. The van der Waals surface area contributed by atoms with E-state index >= 15 is 0 Å². The Morgan fingerprint density at radius 2 is 1.91 bits per heavy atom. The number of nitrogens with zero attached hydrogens (tertiary/aromatic N) is 7. The number of carbonyl (C=O) groups excluding carboxylic acids is 1. The van der Waals surface area contributed by atoms with E-state index in [-0.39, 0.29) is 39.4 Å². The highest BCUT2D eigenvalue weighted by molar-refractivity contribution is 6.01. The Morgan fingerprint density at radius 3 is 2.57 bits per heavy atom. The summed E-state index contributed by atoms with van der Waals surface area (Å²) < 4.78 is 45.0. The molecular weight excluding hydrogens is 467 g/mol. The van der Waals surface area contributed by atoms with Crippen LogP contribution in [0.4, 0.5) is 29.3 Å². The lowest BCUT2D eigenvalue weighted by molar-refractivity contribution is -0.141. The number of nitrogens with one attached hydrogen (secondary N) is 2. The number of ether oxygens (including phenoxy) is 1. The zero-order valence-corrected chi connectivity index (χ0v) is 18.2. The molecule has 0 bridgehead atoms. The predicted molar refractivity (Wildman–Crippen MR) is 116 cm³/mol. The smallest absolute Gasteiger partial charge is 0.377 e. The van der Waals surface area contributed by atoms with Crippen molar-refractivity contribution in [2.45, 2.75) is 19.2 Å². The zero-order chi connectivity index (χ0) is 25.2. The summed E-state index contributed by atoms with van der Waals surface area (Å²) in [4.78, 5) is 25.8. The van der Waals surface area contributed by atoms with Crippen molar-refractivity contribution in [2.24, 2.45) is 0 Å². The first kappa shape index (κ1) is 23.5. The van der Waals surface area contributed by atoms with E-state index < -0.39 is 24.0 Å². The van der Waals surface area contributed by atoms with Gasteiger partial charge in [-0.3, -0.25) is 4.98 Å². The first-order chi connectivity index (χ1) is 16.7. The first-order valence-electron chi connectivity index (χ1n) is 9.95. The van der Waals surface area contributed by atoms with Gasteiger partial charge in [0, 0.05) is 12.7 Å². The largest absolute Gasteiger partial charge is 0.433 e. The van der Waals surface area contributed by atoms with Crippen LogP contribution in [0.15, 0.2) is 43.0 Å². The van der Waals surface area contributed by atoms with Gasteiger partial charge in [-0.2, -0.15) is 28.6 Å². The van der Waals surface area contributed by atoms with E-state index in [1.807, 2.05) is 6.07 Å². The quantitative estimate of drug-likeness (QED) is 0.436. The molecule has 0 radical (unpaired) electrons. The molecule has 4 rings (SSSR count). The highest BCUT2D eigenvalue weighted by Crippen LogP contribution is 2.34. The SMILES string of the molecule is COC(C)c1c(NC(=O)Nc2cnc(-n3nccn3)c(C#N)c2)cnc2ccc(C(F)(F)F)nc12. The van der Waals surface area contributed by atoms with Gasteiger partial charge in [-0.05, 0) is 25.1 Å². The topological polar surface area (TPSA) is 144 Å². The van der Waals surface area contributed by atoms with E-state index in [0.717, 1.165) is 10.9 Å². The molecule has 11 nitrogen and oxygen atoms in total. The number of amides is 2. The van der Waals surface area contributed by atoms with Crippen LogP contribution in [0.5, 0.6) is 0 Å². The summed E-state index contributed by atoms with van der Waals surface area (Å²) in [7, 11) is 1.37. The number of anilines is 2. The molecule has 0 spiro atoms. The minimum atomic E-state index is -4.66. The van der Waals surface area contributed by atoms with Gasteiger partial charge in [-0.1, -0.05) is 0 Å². The van der Waals surface area contributed by atoms with Gasteiger partial charge in [0.25, 0.3) is 0 Å². The van der Waals surface area contributed by atoms with Crippen LogP contribution in [-0.4, -0.2) is 43.1 Å². The lowest BCUT2D eigenvalue weighted by Crippen LogP contribution is -2.22. The number of fused-ring (bicyclic) bond motifs is 1. The molecular formula is C21H16F3N9O2. The van der Waals surface area contributed by atoms with Gasteiger partial charge in [-0.15, -0.1) is 4.80 Å². The predicted octanol–water partition coefficient (Wildman–Crippen LogP) is 3.85. The average Bonchev–Trinajstić information content (AvgIpc) is 3.37. The highest BCUT2D eigenvalue weighted by Gasteiger charge is 2.33. The number of nitriles is 1. The van der Waals surface area contributed by atoms with Crippen molar-refractivity contribution >= 4 is 28.4 Å². The number of halogens is 3. The van der Waals surface area contributed by atoms with E-state index in [4.69, 9.17) is 4.74 Å². The number of hydrogen-bond acceptors (Lipinski definition) is 8. The molecule has 0 aromatic carbocycles. The van der Waals surface area contributed by atoms with Crippen LogP contribution >= 0.6 is 0 Å². The maximum Gasteiger partial charge on any atom is 0.433 e. The Morgan fingerprint density at radius 1 is 1.17 bits per heavy atom. The van der Waals surface area contributed by atoms with E-state index in [1.54, 1.807) is 6.92 Å². The van der Waals surface area contributed by atoms with Crippen molar-refractivity contribution in [3.63, 3.8) is 0 Å². The van der Waals surface area contributed by atoms with Crippen molar-refractivity contribution in [1.82, 2.24) is 29.9 Å². The number of pyridine rings is 3. The lowest BCUT2D eigenvalue weighted by atomic mass is 10.1. The molecule has 14 heteroatoms. The van der Waals surface area contributed by atoms with Crippen molar-refractivity contribution in [2.75, 3.05) is 17.7 Å². The van der Waals surface area contributed by atoms with Crippen LogP contribution in [0.25, 0.3) is 16.9 Å². The molecule has 0 aliphatic rings. The van der Waals surface area contributed by atoms with Gasteiger partial charge in [0.2, 0.25) is 0 Å². The van der Waals surface area contributed by atoms with E-state index in [2.05, 4.69) is 35.8 Å². The van der Waals surface area contributed by atoms with Gasteiger partial charge in [-0.25, -0.2) is 14.8 Å². The third kappa shape index (κ3) is 4.84. The van der Waals surface area contributed by atoms with Crippen LogP contribution in [0.1, 0.15) is 29.8 Å². The molecule has 0 saturated heterocycles. The second kappa shape index (κ2) is 9.31. The molecule has 178 valence electrons. The fourth-order valence-corrected chi connectivity index (χ4v) is 3.25. The summed E-state index contributed by atoms with van der Waals surface area (Å²) >= 11 is 0. The minimum Gasteiger partial charge on any atom is -0.377 e. The van der Waals surface area contributed by atoms with Crippen LogP contribution < -0.4 is 10.6 Å². The Kier molecular flexibility index (Phi) is 6.26. The molecule has 35 heavy (non-hydrogen) atoms. The van der Waals surface area contributed by atoms with Crippen LogP contribution in [0, 0.1) is 11.3 Å². The zero-order valence-electron chi connectivity index (χ0n) is 18.2. The van der Waals surface area contributed by atoms with Gasteiger partial charge in [0.05, 0.1) is 53.3 Å². The molecule has 0 aliphatic heterocycles. The Bertz CT molecular complexity index is 1430. The Balaban J connectivity index is 1.65. The first-order valence-corrected chi connectivity index (χ1v) is 9.95. The molecule has 0 saturated carbocycles. The third-order valence-electron chi connectivity index (χ3n) is 4.90. The molecule has 1 unspecified atom stereocenters. The van der Waals surface area contributed by atoms with Crippen LogP contribution in [0.2, 0.25) is 0 Å². The molecule has 2 amide bonds. The van der Waals surface area contributed by atoms with Crippen molar-refractivity contribution < 1.29 is 22.7 Å². The van der Waals surface area contributed by atoms with Crippen LogP contribution in [-0.2, 0) is 10.9 Å². The number of rotatable bonds is 5. The van der Waals surface area contributed by atoms with Gasteiger partial charge >= 0.3 is 12.2 Å². The number of methoxy groups -OCH3 is 1. The molecule has 2 N–H and O–H groups in total. The maximum absolute atomic E-state index is 13.2. The minimum absolute atomic E-state index is 0.0588. The summed E-state index contributed by atoms with van der Waals surface area (Å²) in [6.45, 7) is 1.60. The van der Waals surface area contributed by atoms with E-state index in [9.17, 15) is 23.2 Å². The second-order valence-electron chi connectivity index (χ2n) is 7.13. The highest BCUT2D eigenvalue weighted by atomic mass is 19.4.